The summed E-state index contributed by atoms with van der Waals surface area (Å²) in [6.07, 6.45) is -2.97. The van der Waals surface area contributed by atoms with E-state index in [1.54, 1.807) is 0 Å². The molecule has 1 atom stereocenters. The number of nitrogens with one attached hydrogen (secondary N) is 2. The van der Waals surface area contributed by atoms with Crippen molar-refractivity contribution in [3.05, 3.63) is 0 Å². The maximum absolute atomic E-state index is 11.7. The van der Waals surface area contributed by atoms with E-state index in [9.17, 15) is 13.6 Å². The lowest BCUT2D eigenvalue weighted by molar-refractivity contribution is -0.134. The van der Waals surface area contributed by atoms with Crippen LogP contribution in [0.3, 0.4) is 0 Å². The zero-order chi connectivity index (χ0) is 11.8. The number of rotatable bonds is 6. The molecule has 0 spiro atoms. The molecule has 1 fully saturated rings. The van der Waals surface area contributed by atoms with Gasteiger partial charge in [0.1, 0.15) is 12.7 Å². The van der Waals surface area contributed by atoms with E-state index in [4.69, 9.17) is 4.74 Å². The van der Waals surface area contributed by atoms with Crippen LogP contribution in [0.25, 0.3) is 0 Å². The van der Waals surface area contributed by atoms with E-state index in [2.05, 4.69) is 15.4 Å². The van der Waals surface area contributed by atoms with Crippen molar-refractivity contribution in [1.29, 1.82) is 0 Å². The van der Waals surface area contributed by atoms with E-state index >= 15 is 0 Å². The Bertz CT molecular complexity index is 211. The van der Waals surface area contributed by atoms with E-state index in [0.717, 1.165) is 6.54 Å². The number of alkyl halides is 2. The zero-order valence-corrected chi connectivity index (χ0v) is 8.88. The van der Waals surface area contributed by atoms with Crippen LogP contribution in [-0.4, -0.2) is 57.9 Å². The van der Waals surface area contributed by atoms with Gasteiger partial charge in [-0.1, -0.05) is 0 Å². The van der Waals surface area contributed by atoms with Crippen LogP contribution in [0.5, 0.6) is 0 Å². The predicted molar refractivity (Wildman–Crippen MR) is 52.4 cm³/mol. The number of hydrogen-bond donors (Lipinski definition) is 2. The monoisotopic (exact) mass is 238 g/mol. The number of carbonyl (C=O) groups excluding carboxylic acids is 1. The fourth-order valence-electron chi connectivity index (χ4n) is 1.27. The molecule has 1 saturated heterocycles. The highest BCUT2D eigenvalue weighted by molar-refractivity contribution is 5.81. The Kier molecular flexibility index (Phi) is 6.20. The van der Waals surface area contributed by atoms with Crippen molar-refractivity contribution in [2.75, 3.05) is 39.5 Å². The Balaban J connectivity index is 2.01. The molecule has 0 saturated carbocycles. The number of halogens is 2. The van der Waals surface area contributed by atoms with E-state index in [1.165, 1.54) is 0 Å². The van der Waals surface area contributed by atoms with E-state index in [-0.39, 0.29) is 19.1 Å². The minimum Gasteiger partial charge on any atom is -0.374 e. The van der Waals surface area contributed by atoms with Gasteiger partial charge in [-0.05, 0) is 0 Å². The summed E-state index contributed by atoms with van der Waals surface area (Å²) >= 11 is 0. The molecule has 1 unspecified atom stereocenters. The maximum atomic E-state index is 11.7. The van der Waals surface area contributed by atoms with Crippen molar-refractivity contribution in [2.45, 2.75) is 12.5 Å². The standard InChI is InChI=1S/C9H16F2N2O3/c10-8(11)6-15-3-2-13-9(14)7-5-12-1-4-16-7/h7-8,12H,1-6H2,(H,13,14). The lowest BCUT2D eigenvalue weighted by Gasteiger charge is -2.22. The molecule has 94 valence electrons. The predicted octanol–water partition coefficient (Wildman–Crippen LogP) is -0.627. The molecule has 2 N–H and O–H groups in total. The van der Waals surface area contributed by atoms with Crippen LogP contribution in [0.4, 0.5) is 8.78 Å². The highest BCUT2D eigenvalue weighted by atomic mass is 19.3. The minimum atomic E-state index is -2.47. The lowest BCUT2D eigenvalue weighted by atomic mass is 10.3. The molecule has 0 bridgehead atoms. The molecule has 1 aliphatic rings. The third-order valence-corrected chi connectivity index (χ3v) is 2.01. The number of amides is 1. The van der Waals surface area contributed by atoms with Gasteiger partial charge in [-0.2, -0.15) is 0 Å². The molecule has 0 aromatic heterocycles. The second-order valence-electron chi connectivity index (χ2n) is 3.32. The minimum absolute atomic E-state index is 0.0796. The quantitative estimate of drug-likeness (QED) is 0.605. The number of hydrogen-bond acceptors (Lipinski definition) is 4. The van der Waals surface area contributed by atoms with Crippen LogP contribution >= 0.6 is 0 Å². The van der Waals surface area contributed by atoms with E-state index in [1.807, 2.05) is 0 Å². The van der Waals surface area contributed by atoms with Crippen molar-refractivity contribution in [3.8, 4) is 0 Å². The number of ether oxygens (including phenoxy) is 2. The Morgan fingerprint density at radius 2 is 2.44 bits per heavy atom. The van der Waals surface area contributed by atoms with Crippen molar-refractivity contribution in [2.24, 2.45) is 0 Å². The Morgan fingerprint density at radius 3 is 3.06 bits per heavy atom. The fraction of sp³-hybridized carbons (Fsp3) is 0.889. The second-order valence-corrected chi connectivity index (χ2v) is 3.32. The molecule has 0 aliphatic carbocycles. The van der Waals surface area contributed by atoms with Crippen molar-refractivity contribution in [3.63, 3.8) is 0 Å². The molecular formula is C9H16F2N2O3. The zero-order valence-electron chi connectivity index (χ0n) is 8.88. The first-order valence-corrected chi connectivity index (χ1v) is 5.16. The topological polar surface area (TPSA) is 59.6 Å². The van der Waals surface area contributed by atoms with Crippen LogP contribution in [0, 0.1) is 0 Å². The molecule has 16 heavy (non-hydrogen) atoms. The summed E-state index contributed by atoms with van der Waals surface area (Å²) in [4.78, 5) is 11.4. The van der Waals surface area contributed by atoms with Gasteiger partial charge in [-0.25, -0.2) is 8.78 Å². The van der Waals surface area contributed by atoms with Gasteiger partial charge in [0.25, 0.3) is 12.3 Å². The Hall–Kier alpha value is -0.790. The maximum Gasteiger partial charge on any atom is 0.261 e. The van der Waals surface area contributed by atoms with Crippen LogP contribution in [-0.2, 0) is 14.3 Å². The van der Waals surface area contributed by atoms with E-state index in [0.29, 0.717) is 13.2 Å². The molecule has 0 aromatic rings. The normalized spacial score (nSPS) is 21.1. The Morgan fingerprint density at radius 1 is 1.62 bits per heavy atom. The number of carbonyl (C=O) groups is 1. The van der Waals surface area contributed by atoms with Gasteiger partial charge in [0.05, 0.1) is 13.2 Å². The SMILES string of the molecule is O=C(NCCOCC(F)F)C1CNCCO1. The average molecular weight is 238 g/mol. The molecule has 1 heterocycles. The smallest absolute Gasteiger partial charge is 0.261 e. The molecule has 5 nitrogen and oxygen atoms in total. The average Bonchev–Trinajstić information content (AvgIpc) is 2.29. The van der Waals surface area contributed by atoms with Gasteiger partial charge < -0.3 is 20.1 Å². The number of morpholine rings is 1. The Labute approximate surface area is 92.5 Å². The summed E-state index contributed by atoms with van der Waals surface area (Å²) in [5.74, 6) is -0.243. The summed E-state index contributed by atoms with van der Waals surface area (Å²) in [7, 11) is 0. The van der Waals surface area contributed by atoms with Gasteiger partial charge in [0.2, 0.25) is 0 Å². The van der Waals surface area contributed by atoms with Crippen LogP contribution in [0.1, 0.15) is 0 Å². The molecule has 1 rings (SSSR count). The van der Waals surface area contributed by atoms with Crippen LogP contribution in [0.15, 0.2) is 0 Å². The van der Waals surface area contributed by atoms with Crippen molar-refractivity contribution in [1.82, 2.24) is 10.6 Å². The summed E-state index contributed by atoms with van der Waals surface area (Å²) in [6.45, 7) is 1.41. The molecule has 0 radical (unpaired) electrons. The third-order valence-electron chi connectivity index (χ3n) is 2.01. The lowest BCUT2D eigenvalue weighted by Crippen LogP contribution is -2.48. The molecule has 0 aromatic carbocycles. The van der Waals surface area contributed by atoms with Crippen LogP contribution in [0.2, 0.25) is 0 Å². The first-order chi connectivity index (χ1) is 7.70. The summed E-state index contributed by atoms with van der Waals surface area (Å²) in [6, 6.07) is 0. The van der Waals surface area contributed by atoms with Gasteiger partial charge in [0.15, 0.2) is 0 Å². The largest absolute Gasteiger partial charge is 0.374 e. The van der Waals surface area contributed by atoms with Crippen molar-refractivity contribution >= 4 is 5.91 Å². The van der Waals surface area contributed by atoms with Gasteiger partial charge in [-0.15, -0.1) is 0 Å². The molecule has 1 amide bonds. The van der Waals surface area contributed by atoms with Crippen molar-refractivity contribution < 1.29 is 23.0 Å². The summed E-state index contributed by atoms with van der Waals surface area (Å²) in [5.41, 5.74) is 0. The second kappa shape index (κ2) is 7.48. The van der Waals surface area contributed by atoms with E-state index < -0.39 is 19.1 Å². The van der Waals surface area contributed by atoms with Gasteiger partial charge >= 0.3 is 0 Å². The molecule has 7 heteroatoms. The molecule has 1 aliphatic heterocycles. The van der Waals surface area contributed by atoms with Gasteiger partial charge in [0, 0.05) is 19.6 Å². The molecular weight excluding hydrogens is 222 g/mol. The van der Waals surface area contributed by atoms with Gasteiger partial charge in [-0.3, -0.25) is 4.79 Å². The summed E-state index contributed by atoms with van der Waals surface area (Å²) < 4.78 is 33.2. The first-order valence-electron chi connectivity index (χ1n) is 5.16. The highest BCUT2D eigenvalue weighted by Gasteiger charge is 2.20. The highest BCUT2D eigenvalue weighted by Crippen LogP contribution is 1.95. The van der Waals surface area contributed by atoms with Crippen LogP contribution < -0.4 is 10.6 Å². The third kappa shape index (κ3) is 5.34. The first kappa shape index (κ1) is 13.3. The summed E-state index contributed by atoms with van der Waals surface area (Å²) in [5, 5.41) is 5.57. The fourth-order valence-corrected chi connectivity index (χ4v) is 1.27.